The van der Waals surface area contributed by atoms with Crippen LogP contribution in [0.2, 0.25) is 10.0 Å². The number of carbonyl (C=O) groups excluding carboxylic acids is 1. The van der Waals surface area contributed by atoms with E-state index in [-0.39, 0.29) is 17.5 Å². The zero-order valence-corrected chi connectivity index (χ0v) is 22.2. The van der Waals surface area contributed by atoms with Crippen molar-refractivity contribution < 1.29 is 9.18 Å². The molecule has 1 N–H and O–H groups in total. The number of nitrogens with one attached hydrogen (secondary N) is 1. The Hall–Kier alpha value is -3.24. The minimum Gasteiger partial charge on any atom is -0.301 e. The van der Waals surface area contributed by atoms with Crippen molar-refractivity contribution in [2.45, 2.75) is 11.6 Å². The summed E-state index contributed by atoms with van der Waals surface area (Å²) in [6.07, 6.45) is 2.36. The summed E-state index contributed by atoms with van der Waals surface area (Å²) in [4.78, 5) is 18.0. The molecule has 11 heteroatoms. The van der Waals surface area contributed by atoms with Crippen molar-refractivity contribution in [3.8, 4) is 17.1 Å². The smallest absolute Gasteiger partial charge is 0.236 e. The Morgan fingerprint density at radius 2 is 1.78 bits per heavy atom. The lowest BCUT2D eigenvalue weighted by Crippen LogP contribution is -2.14. The average molecular weight is 571 g/mol. The van der Waals surface area contributed by atoms with Gasteiger partial charge >= 0.3 is 0 Å². The molecule has 0 aliphatic rings. The number of rotatable bonds is 8. The minimum atomic E-state index is -0.339. The molecule has 0 spiro atoms. The minimum absolute atomic E-state index is 0.0931. The molecule has 0 saturated carbocycles. The number of hydrogen-bond donors (Lipinski definition) is 1. The van der Waals surface area contributed by atoms with Crippen molar-refractivity contribution in [2.24, 2.45) is 0 Å². The highest BCUT2D eigenvalue weighted by Gasteiger charge is 2.18. The lowest BCUT2D eigenvalue weighted by atomic mass is 10.1. The Bertz CT molecular complexity index is 1540. The van der Waals surface area contributed by atoms with Gasteiger partial charge in [-0.15, -0.1) is 21.5 Å². The molecule has 0 radical (unpaired) electrons. The number of thiazole rings is 1. The van der Waals surface area contributed by atoms with Crippen molar-refractivity contribution in [1.29, 1.82) is 0 Å². The molecule has 0 atom stereocenters. The van der Waals surface area contributed by atoms with Crippen LogP contribution in [-0.4, -0.2) is 31.4 Å². The number of hydrogen-bond acceptors (Lipinski definition) is 6. The van der Waals surface area contributed by atoms with Gasteiger partial charge in [-0.2, -0.15) is 0 Å². The fourth-order valence-corrected chi connectivity index (χ4v) is 5.48. The Balaban J connectivity index is 1.28. The van der Waals surface area contributed by atoms with E-state index in [4.69, 9.17) is 23.2 Å². The zero-order chi connectivity index (χ0) is 25.8. The third-order valence-corrected chi connectivity index (χ3v) is 7.83. The molecule has 186 valence electrons. The van der Waals surface area contributed by atoms with E-state index in [0.29, 0.717) is 38.3 Å². The highest BCUT2D eigenvalue weighted by molar-refractivity contribution is 7.99. The van der Waals surface area contributed by atoms with Crippen LogP contribution in [0.25, 0.3) is 17.1 Å². The van der Waals surface area contributed by atoms with Gasteiger partial charge in [0.05, 0.1) is 15.8 Å². The third kappa shape index (κ3) is 6.19. The summed E-state index contributed by atoms with van der Waals surface area (Å²) in [5, 5.41) is 13.5. The second kappa shape index (κ2) is 11.4. The first-order valence-electron chi connectivity index (χ1n) is 11.0. The van der Waals surface area contributed by atoms with Crippen LogP contribution in [0.1, 0.15) is 10.4 Å². The van der Waals surface area contributed by atoms with Crippen molar-refractivity contribution in [3.05, 3.63) is 105 Å². The van der Waals surface area contributed by atoms with Crippen molar-refractivity contribution in [2.75, 3.05) is 11.1 Å². The lowest BCUT2D eigenvalue weighted by Gasteiger charge is -2.10. The van der Waals surface area contributed by atoms with Gasteiger partial charge in [0, 0.05) is 28.7 Å². The summed E-state index contributed by atoms with van der Waals surface area (Å²) in [5.41, 5.74) is 2.55. The first-order valence-corrected chi connectivity index (χ1v) is 13.6. The van der Waals surface area contributed by atoms with E-state index in [0.717, 1.165) is 16.0 Å². The molecule has 3 aromatic carbocycles. The molecule has 37 heavy (non-hydrogen) atoms. The highest BCUT2D eigenvalue weighted by Crippen LogP contribution is 2.29. The molecule has 2 aromatic heterocycles. The van der Waals surface area contributed by atoms with E-state index in [2.05, 4.69) is 20.5 Å². The Morgan fingerprint density at radius 1 is 1.00 bits per heavy atom. The van der Waals surface area contributed by atoms with Gasteiger partial charge in [0.25, 0.3) is 0 Å². The van der Waals surface area contributed by atoms with Gasteiger partial charge in [-0.25, -0.2) is 9.37 Å². The molecule has 0 fully saturated rings. The molecule has 2 heterocycles. The maximum absolute atomic E-state index is 13.6. The first kappa shape index (κ1) is 25.4. The fourth-order valence-electron chi connectivity index (χ4n) is 3.54. The van der Waals surface area contributed by atoms with E-state index in [1.54, 1.807) is 24.4 Å². The maximum atomic E-state index is 13.6. The topological polar surface area (TPSA) is 72.7 Å². The van der Waals surface area contributed by atoms with Crippen LogP contribution in [0.5, 0.6) is 0 Å². The van der Waals surface area contributed by atoms with Gasteiger partial charge in [-0.3, -0.25) is 9.36 Å². The van der Waals surface area contributed by atoms with Crippen LogP contribution in [-0.2, 0) is 11.2 Å². The first-order chi connectivity index (χ1) is 18.0. The maximum Gasteiger partial charge on any atom is 0.236 e. The molecule has 0 saturated heterocycles. The summed E-state index contributed by atoms with van der Waals surface area (Å²) < 4.78 is 15.4. The SMILES string of the molecule is O=C(CSc1nnc(-c2ccccc2)n1-c1ccc(F)cc1)Nc1ncc(Cc2ccc(Cl)c(Cl)c2)s1. The van der Waals surface area contributed by atoms with Crippen molar-refractivity contribution in [3.63, 3.8) is 0 Å². The predicted molar refractivity (Wildman–Crippen MR) is 147 cm³/mol. The number of amides is 1. The third-order valence-electron chi connectivity index (χ3n) is 5.24. The van der Waals surface area contributed by atoms with Gasteiger partial charge in [0.1, 0.15) is 5.82 Å². The highest BCUT2D eigenvalue weighted by atomic mass is 35.5. The molecular formula is C26H18Cl2FN5OS2. The molecular weight excluding hydrogens is 552 g/mol. The summed E-state index contributed by atoms with van der Waals surface area (Å²) in [6.45, 7) is 0. The second-order valence-electron chi connectivity index (χ2n) is 7.88. The molecule has 1 amide bonds. The van der Waals surface area contributed by atoms with Crippen molar-refractivity contribution in [1.82, 2.24) is 19.7 Å². The van der Waals surface area contributed by atoms with Crippen LogP contribution in [0.4, 0.5) is 9.52 Å². The molecule has 0 aliphatic heterocycles. The summed E-state index contributed by atoms with van der Waals surface area (Å²) in [7, 11) is 0. The number of nitrogens with zero attached hydrogens (tertiary/aromatic N) is 4. The monoisotopic (exact) mass is 569 g/mol. The number of anilines is 1. The van der Waals surface area contributed by atoms with Gasteiger partial charge in [-0.1, -0.05) is 71.4 Å². The van der Waals surface area contributed by atoms with Crippen LogP contribution >= 0.6 is 46.3 Å². The van der Waals surface area contributed by atoms with E-state index >= 15 is 0 Å². The summed E-state index contributed by atoms with van der Waals surface area (Å²) >= 11 is 14.7. The largest absolute Gasteiger partial charge is 0.301 e. The molecule has 0 aliphatic carbocycles. The van der Waals surface area contributed by atoms with Crippen LogP contribution in [0.15, 0.2) is 84.1 Å². The Morgan fingerprint density at radius 3 is 2.54 bits per heavy atom. The Kier molecular flexibility index (Phi) is 7.85. The van der Waals surface area contributed by atoms with Crippen LogP contribution in [0.3, 0.4) is 0 Å². The molecule has 0 unspecified atom stereocenters. The van der Waals surface area contributed by atoms with Crippen LogP contribution in [0, 0.1) is 5.82 Å². The van der Waals surface area contributed by atoms with Gasteiger partial charge in [-0.05, 0) is 42.0 Å². The van der Waals surface area contributed by atoms with E-state index in [1.807, 2.05) is 47.0 Å². The number of aromatic nitrogens is 4. The normalized spacial score (nSPS) is 11.0. The fraction of sp³-hybridized carbons (Fsp3) is 0.0769. The number of carbonyl (C=O) groups is 1. The molecule has 0 bridgehead atoms. The predicted octanol–water partition coefficient (Wildman–Crippen LogP) is 7.16. The second-order valence-corrected chi connectivity index (χ2v) is 10.7. The molecule has 5 rings (SSSR count). The van der Waals surface area contributed by atoms with Gasteiger partial charge in [0.2, 0.25) is 5.91 Å². The summed E-state index contributed by atoms with van der Waals surface area (Å²) in [6, 6.07) is 21.1. The average Bonchev–Trinajstić information content (AvgIpc) is 3.53. The van der Waals surface area contributed by atoms with E-state index in [1.165, 1.54) is 35.2 Å². The quantitative estimate of drug-likeness (QED) is 0.201. The van der Waals surface area contributed by atoms with Gasteiger partial charge < -0.3 is 5.32 Å². The lowest BCUT2D eigenvalue weighted by molar-refractivity contribution is -0.113. The number of benzene rings is 3. The zero-order valence-electron chi connectivity index (χ0n) is 19.1. The number of halogens is 3. The molecule has 6 nitrogen and oxygen atoms in total. The van der Waals surface area contributed by atoms with Crippen molar-refractivity contribution >= 4 is 57.3 Å². The summed E-state index contributed by atoms with van der Waals surface area (Å²) in [5.74, 6) is 0.126. The standard InChI is InChI=1S/C26H18Cl2FN5OS2/c27-21-11-6-16(13-22(21)28)12-20-14-30-25(37-20)31-23(35)15-36-26-33-32-24(17-4-2-1-3-5-17)34(26)19-9-7-18(29)8-10-19/h1-11,13-14H,12,15H2,(H,30,31,35). The van der Waals surface area contributed by atoms with Gasteiger partial charge in [0.15, 0.2) is 16.1 Å². The van der Waals surface area contributed by atoms with E-state index in [9.17, 15) is 9.18 Å². The molecule has 5 aromatic rings. The number of thioether (sulfide) groups is 1. The van der Waals surface area contributed by atoms with E-state index < -0.39 is 0 Å². The van der Waals surface area contributed by atoms with Crippen LogP contribution < -0.4 is 5.32 Å². The Labute approximate surface area is 230 Å².